The lowest BCUT2D eigenvalue weighted by atomic mass is 9.95. The second-order valence-corrected chi connectivity index (χ2v) is 7.01. The van der Waals surface area contributed by atoms with Gasteiger partial charge in [0.25, 0.3) is 11.7 Å². The largest absolute Gasteiger partial charge is 0.507 e. The summed E-state index contributed by atoms with van der Waals surface area (Å²) in [6.07, 6.45) is 0. The molecule has 3 aromatic carbocycles. The highest BCUT2D eigenvalue weighted by atomic mass is 35.5. The third-order valence-corrected chi connectivity index (χ3v) is 4.98. The fraction of sp³-hybridized carbons (Fsp3) is 0.0435. The first-order valence-electron chi connectivity index (χ1n) is 8.85. The first kappa shape index (κ1) is 18.9. The standard InChI is InChI=1S/C23H15ClFNO3/c24-16-9-5-11-18(13-16)26-20(15-8-4-10-17(25)12-15)19(22(28)23(26)29)21(27)14-6-2-1-3-7-14/h1-13,20,27H. The molecule has 0 saturated carbocycles. The van der Waals surface area contributed by atoms with Crippen molar-refractivity contribution in [1.29, 1.82) is 0 Å². The van der Waals surface area contributed by atoms with Gasteiger partial charge in [0.1, 0.15) is 11.6 Å². The number of halogens is 2. The van der Waals surface area contributed by atoms with Crippen molar-refractivity contribution >= 4 is 34.7 Å². The van der Waals surface area contributed by atoms with E-state index in [9.17, 15) is 19.1 Å². The Morgan fingerprint density at radius 2 is 1.66 bits per heavy atom. The molecule has 1 N–H and O–H groups in total. The zero-order chi connectivity index (χ0) is 20.5. The Hall–Kier alpha value is -3.44. The Labute approximate surface area is 171 Å². The number of carbonyl (C=O) groups excluding carboxylic acids is 2. The molecule has 1 aliphatic heterocycles. The van der Waals surface area contributed by atoms with Crippen molar-refractivity contribution in [2.45, 2.75) is 6.04 Å². The normalized spacial score (nSPS) is 18.3. The molecular formula is C23H15ClFNO3. The van der Waals surface area contributed by atoms with Gasteiger partial charge in [0.2, 0.25) is 0 Å². The average molecular weight is 408 g/mol. The molecule has 0 spiro atoms. The molecule has 4 nitrogen and oxygen atoms in total. The summed E-state index contributed by atoms with van der Waals surface area (Å²) >= 11 is 6.08. The van der Waals surface area contributed by atoms with Crippen LogP contribution >= 0.6 is 11.6 Å². The molecule has 144 valence electrons. The third kappa shape index (κ3) is 3.41. The Morgan fingerprint density at radius 1 is 0.931 bits per heavy atom. The number of aliphatic hydroxyl groups excluding tert-OH is 1. The minimum atomic E-state index is -0.996. The molecule has 1 heterocycles. The minimum Gasteiger partial charge on any atom is -0.507 e. The second-order valence-electron chi connectivity index (χ2n) is 6.57. The highest BCUT2D eigenvalue weighted by Gasteiger charge is 2.47. The number of benzene rings is 3. The summed E-state index contributed by atoms with van der Waals surface area (Å²) < 4.78 is 14.0. The summed E-state index contributed by atoms with van der Waals surface area (Å²) in [6, 6.07) is 19.5. The third-order valence-electron chi connectivity index (χ3n) is 4.74. The SMILES string of the molecule is O=C1C(=O)N(c2cccc(Cl)c2)C(c2cccc(F)c2)C1=C(O)c1ccccc1. The van der Waals surface area contributed by atoms with E-state index in [1.54, 1.807) is 60.7 Å². The van der Waals surface area contributed by atoms with E-state index in [2.05, 4.69) is 0 Å². The van der Waals surface area contributed by atoms with Gasteiger partial charge in [-0.05, 0) is 35.9 Å². The number of Topliss-reactive ketones (excluding diaryl/α,β-unsaturated/α-hetero) is 1. The molecule has 1 atom stereocenters. The number of hydrogen-bond donors (Lipinski definition) is 1. The molecule has 29 heavy (non-hydrogen) atoms. The molecule has 1 amide bonds. The van der Waals surface area contributed by atoms with Crippen molar-refractivity contribution in [1.82, 2.24) is 0 Å². The van der Waals surface area contributed by atoms with E-state index in [-0.39, 0.29) is 11.3 Å². The molecule has 1 saturated heterocycles. The molecular weight excluding hydrogens is 393 g/mol. The van der Waals surface area contributed by atoms with Crippen LogP contribution in [-0.4, -0.2) is 16.8 Å². The van der Waals surface area contributed by atoms with Gasteiger partial charge in [-0.2, -0.15) is 0 Å². The van der Waals surface area contributed by atoms with E-state index >= 15 is 0 Å². The summed E-state index contributed by atoms with van der Waals surface area (Å²) in [5.41, 5.74) is 1.02. The van der Waals surface area contributed by atoms with Crippen LogP contribution in [-0.2, 0) is 9.59 Å². The van der Waals surface area contributed by atoms with Crippen LogP contribution in [0.5, 0.6) is 0 Å². The molecule has 3 aromatic rings. The number of carbonyl (C=O) groups is 2. The number of aliphatic hydroxyl groups is 1. The Kier molecular flexibility index (Phi) is 4.91. The summed E-state index contributed by atoms with van der Waals surface area (Å²) in [7, 11) is 0. The predicted octanol–water partition coefficient (Wildman–Crippen LogP) is 5.11. The number of rotatable bonds is 3. The van der Waals surface area contributed by atoms with Crippen LogP contribution in [0.25, 0.3) is 5.76 Å². The number of anilines is 1. The molecule has 0 bridgehead atoms. The summed E-state index contributed by atoms with van der Waals surface area (Å²) in [5, 5.41) is 11.3. The molecule has 0 aliphatic carbocycles. The quantitative estimate of drug-likeness (QED) is 0.373. The molecule has 4 rings (SSSR count). The summed E-state index contributed by atoms with van der Waals surface area (Å²) in [5.74, 6) is -2.50. The van der Waals surface area contributed by atoms with Crippen molar-refractivity contribution in [2.75, 3.05) is 4.90 Å². The maximum Gasteiger partial charge on any atom is 0.300 e. The Morgan fingerprint density at radius 3 is 2.34 bits per heavy atom. The lowest BCUT2D eigenvalue weighted by molar-refractivity contribution is -0.132. The van der Waals surface area contributed by atoms with Gasteiger partial charge in [-0.3, -0.25) is 14.5 Å². The number of ketones is 1. The van der Waals surface area contributed by atoms with Crippen LogP contribution in [0, 0.1) is 5.82 Å². The zero-order valence-corrected chi connectivity index (χ0v) is 15.8. The molecule has 0 aromatic heterocycles. The summed E-state index contributed by atoms with van der Waals surface area (Å²) in [4.78, 5) is 27.1. The van der Waals surface area contributed by atoms with Crippen LogP contribution in [0.2, 0.25) is 5.02 Å². The second kappa shape index (κ2) is 7.53. The van der Waals surface area contributed by atoms with Crippen LogP contribution in [0.3, 0.4) is 0 Å². The maximum atomic E-state index is 14.0. The highest BCUT2D eigenvalue weighted by molar-refractivity contribution is 6.51. The van der Waals surface area contributed by atoms with Crippen molar-refractivity contribution < 1.29 is 19.1 Å². The van der Waals surface area contributed by atoms with Crippen LogP contribution in [0.1, 0.15) is 17.2 Å². The number of hydrogen-bond acceptors (Lipinski definition) is 3. The maximum absolute atomic E-state index is 14.0. The molecule has 1 fully saturated rings. The van der Waals surface area contributed by atoms with Crippen LogP contribution < -0.4 is 4.90 Å². The van der Waals surface area contributed by atoms with E-state index in [4.69, 9.17) is 11.6 Å². The van der Waals surface area contributed by atoms with Gasteiger partial charge in [-0.25, -0.2) is 4.39 Å². The van der Waals surface area contributed by atoms with Crippen molar-refractivity contribution in [3.05, 3.63) is 106 Å². The fourth-order valence-electron chi connectivity index (χ4n) is 3.47. The lowest BCUT2D eigenvalue weighted by Gasteiger charge is -2.25. The zero-order valence-electron chi connectivity index (χ0n) is 15.0. The van der Waals surface area contributed by atoms with Gasteiger partial charge in [0.15, 0.2) is 0 Å². The van der Waals surface area contributed by atoms with Crippen molar-refractivity contribution in [2.24, 2.45) is 0 Å². The minimum absolute atomic E-state index is 0.105. The Bertz CT molecular complexity index is 1140. The molecule has 6 heteroatoms. The van der Waals surface area contributed by atoms with Gasteiger partial charge in [-0.1, -0.05) is 60.1 Å². The van der Waals surface area contributed by atoms with E-state index in [0.717, 1.165) is 0 Å². The first-order chi connectivity index (χ1) is 14.0. The van der Waals surface area contributed by atoms with Gasteiger partial charge in [0.05, 0.1) is 11.6 Å². The van der Waals surface area contributed by atoms with Crippen LogP contribution in [0.4, 0.5) is 10.1 Å². The molecule has 1 aliphatic rings. The topological polar surface area (TPSA) is 57.6 Å². The monoisotopic (exact) mass is 407 g/mol. The van der Waals surface area contributed by atoms with Gasteiger partial charge < -0.3 is 5.11 Å². The average Bonchev–Trinajstić information content (AvgIpc) is 2.99. The lowest BCUT2D eigenvalue weighted by Crippen LogP contribution is -2.29. The first-order valence-corrected chi connectivity index (χ1v) is 9.22. The van der Waals surface area contributed by atoms with E-state index < -0.39 is 23.5 Å². The smallest absolute Gasteiger partial charge is 0.300 e. The van der Waals surface area contributed by atoms with Gasteiger partial charge in [0, 0.05) is 16.3 Å². The fourth-order valence-corrected chi connectivity index (χ4v) is 3.65. The summed E-state index contributed by atoms with van der Waals surface area (Å²) in [6.45, 7) is 0. The van der Waals surface area contributed by atoms with Crippen molar-refractivity contribution in [3.63, 3.8) is 0 Å². The Balaban J connectivity index is 1.97. The van der Waals surface area contributed by atoms with E-state index in [1.165, 1.54) is 23.1 Å². The number of amides is 1. The van der Waals surface area contributed by atoms with Gasteiger partial charge in [-0.15, -0.1) is 0 Å². The number of nitrogens with zero attached hydrogens (tertiary/aromatic N) is 1. The molecule has 0 radical (unpaired) electrons. The van der Waals surface area contributed by atoms with E-state index in [0.29, 0.717) is 21.8 Å². The van der Waals surface area contributed by atoms with Crippen molar-refractivity contribution in [3.8, 4) is 0 Å². The van der Waals surface area contributed by atoms with E-state index in [1.807, 2.05) is 0 Å². The highest BCUT2D eigenvalue weighted by Crippen LogP contribution is 2.42. The predicted molar refractivity (Wildman–Crippen MR) is 109 cm³/mol. The van der Waals surface area contributed by atoms with Crippen LogP contribution in [0.15, 0.2) is 84.4 Å². The molecule has 1 unspecified atom stereocenters. The van der Waals surface area contributed by atoms with Gasteiger partial charge >= 0.3 is 0 Å².